The zero-order valence-corrected chi connectivity index (χ0v) is 45.0. The zero-order chi connectivity index (χ0) is 54.7. The molecule has 0 atom stereocenters. The van der Waals surface area contributed by atoms with E-state index in [0.717, 1.165) is 89.1 Å². The summed E-state index contributed by atoms with van der Waals surface area (Å²) in [7, 11) is 0. The van der Waals surface area contributed by atoms with Crippen LogP contribution in [0, 0.1) is 13.8 Å². The summed E-state index contributed by atoms with van der Waals surface area (Å²) in [4.78, 5) is 31.6. The zero-order valence-electron chi connectivity index (χ0n) is 45.0. The third-order valence-electron chi connectivity index (χ3n) is 15.5. The van der Waals surface area contributed by atoms with Crippen LogP contribution in [0.1, 0.15) is 11.1 Å². The Kier molecular flexibility index (Phi) is 11.8. The predicted molar refractivity (Wildman–Crippen MR) is 335 cm³/mol. The molecule has 0 spiro atoms. The lowest BCUT2D eigenvalue weighted by Gasteiger charge is -2.17. The maximum Gasteiger partial charge on any atom is 0.166 e. The summed E-state index contributed by atoms with van der Waals surface area (Å²) in [6.07, 6.45) is 0. The van der Waals surface area contributed by atoms with Crippen molar-refractivity contribution in [3.8, 4) is 102 Å². The molecular formula is C74H50N8. The van der Waals surface area contributed by atoms with Gasteiger partial charge in [-0.15, -0.1) is 0 Å². The molecule has 0 radical (unpaired) electrons. The molecule has 386 valence electrons. The molecule has 0 aliphatic rings. The quantitative estimate of drug-likeness (QED) is 0.136. The Labute approximate surface area is 474 Å². The molecule has 15 rings (SSSR count). The van der Waals surface area contributed by atoms with Gasteiger partial charge in [0.1, 0.15) is 0 Å². The van der Waals surface area contributed by atoms with E-state index in [-0.39, 0.29) is 0 Å². The molecule has 11 aromatic carbocycles. The summed E-state index contributed by atoms with van der Waals surface area (Å²) in [6.45, 7) is 4.30. The van der Waals surface area contributed by atoms with Crippen molar-refractivity contribution in [2.24, 2.45) is 0 Å². The summed E-state index contributed by atoms with van der Waals surface area (Å²) < 4.78 is 4.73. The molecular weight excluding hydrogens is 1000 g/mol. The second kappa shape index (κ2) is 20.0. The maximum atomic E-state index is 5.35. The highest BCUT2D eigenvalue weighted by Gasteiger charge is 2.23. The Balaban J connectivity index is 0.944. The van der Waals surface area contributed by atoms with E-state index in [1.54, 1.807) is 0 Å². The summed E-state index contributed by atoms with van der Waals surface area (Å²) in [5.74, 6) is 3.53. The van der Waals surface area contributed by atoms with Crippen molar-refractivity contribution >= 4 is 43.6 Å². The van der Waals surface area contributed by atoms with Gasteiger partial charge in [0, 0.05) is 54.9 Å². The SMILES string of the molecule is Cc1ccc2c(c1)c1ccccc1n2-c1ccc(-c2cccc(-c3ccc(-n4c5ccccc5c5cc(C)ccc54)c(-c4nc(-c5ccccc5)nc(-c5ccccc5)n4)c3)c2)cc1-c1nc(-c2ccccc2)nc(-c2ccccc2)n1. The van der Waals surface area contributed by atoms with Crippen LogP contribution in [-0.4, -0.2) is 39.0 Å². The molecule has 0 saturated heterocycles. The first-order chi connectivity index (χ1) is 40.5. The first kappa shape index (κ1) is 48.2. The summed E-state index contributed by atoms with van der Waals surface area (Å²) in [5.41, 5.74) is 18.2. The number of aromatic nitrogens is 8. The van der Waals surface area contributed by atoms with Gasteiger partial charge in [0.2, 0.25) is 0 Å². The first-order valence-electron chi connectivity index (χ1n) is 27.6. The third kappa shape index (κ3) is 8.58. The Morgan fingerprint density at radius 3 is 0.902 bits per heavy atom. The number of para-hydroxylation sites is 2. The summed E-state index contributed by atoms with van der Waals surface area (Å²) in [6, 6.07) is 93.6. The van der Waals surface area contributed by atoms with E-state index in [0.29, 0.717) is 34.9 Å². The molecule has 0 aliphatic carbocycles. The number of rotatable bonds is 10. The van der Waals surface area contributed by atoms with E-state index in [1.807, 2.05) is 72.8 Å². The monoisotopic (exact) mass is 1050 g/mol. The molecule has 0 unspecified atom stereocenters. The Morgan fingerprint density at radius 1 is 0.220 bits per heavy atom. The van der Waals surface area contributed by atoms with Crippen molar-refractivity contribution in [2.75, 3.05) is 0 Å². The van der Waals surface area contributed by atoms with Crippen LogP contribution in [0.4, 0.5) is 0 Å². The second-order valence-corrected chi connectivity index (χ2v) is 20.9. The van der Waals surface area contributed by atoms with Crippen LogP contribution in [0.5, 0.6) is 0 Å². The number of hydrogen-bond donors (Lipinski definition) is 0. The van der Waals surface area contributed by atoms with E-state index < -0.39 is 0 Å². The molecule has 8 heteroatoms. The highest BCUT2D eigenvalue weighted by Crippen LogP contribution is 2.42. The van der Waals surface area contributed by atoms with Crippen LogP contribution in [0.25, 0.3) is 146 Å². The molecule has 0 aliphatic heterocycles. The largest absolute Gasteiger partial charge is 0.309 e. The van der Waals surface area contributed by atoms with E-state index in [9.17, 15) is 0 Å². The predicted octanol–water partition coefficient (Wildman–Crippen LogP) is 18.2. The van der Waals surface area contributed by atoms with Gasteiger partial charge in [-0.1, -0.05) is 211 Å². The lowest BCUT2D eigenvalue weighted by molar-refractivity contribution is 1.06. The summed E-state index contributed by atoms with van der Waals surface area (Å²) in [5, 5.41) is 4.73. The van der Waals surface area contributed by atoms with E-state index in [2.05, 4.69) is 217 Å². The minimum Gasteiger partial charge on any atom is -0.309 e. The Hall–Kier alpha value is -11.0. The van der Waals surface area contributed by atoms with Crippen LogP contribution in [0.15, 0.2) is 267 Å². The van der Waals surface area contributed by atoms with Gasteiger partial charge < -0.3 is 9.13 Å². The molecule has 8 nitrogen and oxygen atoms in total. The molecule has 0 N–H and O–H groups in total. The molecule has 0 amide bonds. The van der Waals surface area contributed by atoms with E-state index in [1.165, 1.54) is 32.7 Å². The van der Waals surface area contributed by atoms with Crippen LogP contribution in [-0.2, 0) is 0 Å². The van der Waals surface area contributed by atoms with Crippen LogP contribution < -0.4 is 0 Å². The molecule has 15 aromatic rings. The van der Waals surface area contributed by atoms with Crippen molar-refractivity contribution in [1.29, 1.82) is 0 Å². The first-order valence-corrected chi connectivity index (χ1v) is 27.6. The molecule has 0 bridgehead atoms. The fourth-order valence-corrected chi connectivity index (χ4v) is 11.6. The highest BCUT2D eigenvalue weighted by molar-refractivity contribution is 6.11. The van der Waals surface area contributed by atoms with Crippen LogP contribution >= 0.6 is 0 Å². The number of fused-ring (bicyclic) bond motifs is 6. The van der Waals surface area contributed by atoms with Crippen molar-refractivity contribution in [3.63, 3.8) is 0 Å². The van der Waals surface area contributed by atoms with Gasteiger partial charge >= 0.3 is 0 Å². The molecule has 0 fully saturated rings. The van der Waals surface area contributed by atoms with Gasteiger partial charge in [-0.05, 0) is 103 Å². The van der Waals surface area contributed by atoms with Gasteiger partial charge in [0.05, 0.1) is 33.4 Å². The fourth-order valence-electron chi connectivity index (χ4n) is 11.6. The smallest absolute Gasteiger partial charge is 0.166 e. The molecule has 82 heavy (non-hydrogen) atoms. The number of benzene rings is 11. The second-order valence-electron chi connectivity index (χ2n) is 20.9. The van der Waals surface area contributed by atoms with Gasteiger partial charge in [0.25, 0.3) is 0 Å². The van der Waals surface area contributed by atoms with E-state index in [4.69, 9.17) is 29.9 Å². The Morgan fingerprint density at radius 2 is 0.524 bits per heavy atom. The normalized spacial score (nSPS) is 11.5. The van der Waals surface area contributed by atoms with Gasteiger partial charge in [-0.25, -0.2) is 29.9 Å². The standard InChI is InChI=1S/C74H50N8/c1-47-34-38-65-59(42-47)57-30-15-17-32-63(57)81(65)67-40-36-55(45-61(67)73-77-69(49-20-7-3-8-21-49)75-70(78-73)50-22-9-4-10-23-50)53-28-19-29-54(44-53)56-37-41-68(82-64-33-18-16-31-58(64)60-43-48(2)35-39-66(60)82)62(46-56)74-79-71(51-24-11-5-12-25-51)76-72(80-74)52-26-13-6-14-27-52/h3-46H,1-2H3. The van der Waals surface area contributed by atoms with Crippen molar-refractivity contribution in [2.45, 2.75) is 13.8 Å². The fraction of sp³-hybridized carbons (Fsp3) is 0.0270. The average molecular weight is 1050 g/mol. The van der Waals surface area contributed by atoms with Crippen LogP contribution in [0.2, 0.25) is 0 Å². The summed E-state index contributed by atoms with van der Waals surface area (Å²) >= 11 is 0. The Bertz CT molecular complexity index is 4510. The van der Waals surface area contributed by atoms with Crippen molar-refractivity contribution < 1.29 is 0 Å². The van der Waals surface area contributed by atoms with Gasteiger partial charge in [0.15, 0.2) is 34.9 Å². The number of hydrogen-bond acceptors (Lipinski definition) is 6. The topological polar surface area (TPSA) is 87.2 Å². The minimum absolute atomic E-state index is 0.571. The van der Waals surface area contributed by atoms with E-state index >= 15 is 0 Å². The lowest BCUT2D eigenvalue weighted by atomic mass is 9.95. The van der Waals surface area contributed by atoms with Gasteiger partial charge in [-0.2, -0.15) is 0 Å². The van der Waals surface area contributed by atoms with Crippen molar-refractivity contribution in [1.82, 2.24) is 39.0 Å². The lowest BCUT2D eigenvalue weighted by Crippen LogP contribution is -2.04. The van der Waals surface area contributed by atoms with Crippen molar-refractivity contribution in [3.05, 3.63) is 278 Å². The number of nitrogens with zero attached hydrogens (tertiary/aromatic N) is 8. The molecule has 4 heterocycles. The molecule has 0 saturated carbocycles. The highest BCUT2D eigenvalue weighted by atomic mass is 15.1. The number of aryl methyl sites for hydroxylation is 2. The molecule has 4 aromatic heterocycles. The van der Waals surface area contributed by atoms with Gasteiger partial charge in [-0.3, -0.25) is 0 Å². The average Bonchev–Trinajstić information content (AvgIpc) is 4.24. The maximum absolute atomic E-state index is 5.35. The van der Waals surface area contributed by atoms with Crippen LogP contribution in [0.3, 0.4) is 0 Å². The third-order valence-corrected chi connectivity index (χ3v) is 15.5. The minimum atomic E-state index is 0.571.